The zero-order valence-electron chi connectivity index (χ0n) is 11.6. The van der Waals surface area contributed by atoms with Gasteiger partial charge in [-0.3, -0.25) is 9.59 Å². The van der Waals surface area contributed by atoms with Crippen molar-refractivity contribution in [2.24, 2.45) is 5.73 Å². The fourth-order valence-corrected chi connectivity index (χ4v) is 2.45. The third-order valence-corrected chi connectivity index (χ3v) is 3.98. The highest BCUT2D eigenvalue weighted by molar-refractivity contribution is 9.10. The molecule has 114 valence electrons. The summed E-state index contributed by atoms with van der Waals surface area (Å²) >= 11 is 9.32. The van der Waals surface area contributed by atoms with Gasteiger partial charge in [-0.2, -0.15) is 0 Å². The Hall–Kier alpha value is -1.85. The molecule has 22 heavy (non-hydrogen) atoms. The van der Waals surface area contributed by atoms with Crippen molar-refractivity contribution in [2.75, 3.05) is 0 Å². The van der Waals surface area contributed by atoms with Crippen molar-refractivity contribution >= 4 is 39.3 Å². The van der Waals surface area contributed by atoms with Gasteiger partial charge in [0.1, 0.15) is 6.04 Å². The van der Waals surface area contributed by atoms with Gasteiger partial charge in [-0.05, 0) is 29.8 Å². The van der Waals surface area contributed by atoms with Crippen molar-refractivity contribution in [3.05, 3.63) is 69.2 Å². The van der Waals surface area contributed by atoms with Crippen LogP contribution in [-0.2, 0) is 11.2 Å². The first-order valence-electron chi connectivity index (χ1n) is 6.56. The van der Waals surface area contributed by atoms with Gasteiger partial charge in [0.15, 0.2) is 0 Å². The summed E-state index contributed by atoms with van der Waals surface area (Å²) in [6, 6.07) is 13.3. The average molecular weight is 382 g/mol. The Morgan fingerprint density at radius 1 is 1.14 bits per heavy atom. The molecule has 0 saturated carbocycles. The van der Waals surface area contributed by atoms with E-state index in [1.807, 2.05) is 24.3 Å². The first-order valence-corrected chi connectivity index (χ1v) is 7.73. The van der Waals surface area contributed by atoms with Crippen LogP contribution in [0.25, 0.3) is 0 Å². The molecule has 0 aliphatic carbocycles. The number of carbonyl (C=O) groups excluding carboxylic acids is 2. The molecule has 0 aromatic heterocycles. The molecule has 0 heterocycles. The highest BCUT2D eigenvalue weighted by Gasteiger charge is 2.20. The van der Waals surface area contributed by atoms with E-state index < -0.39 is 17.9 Å². The summed E-state index contributed by atoms with van der Waals surface area (Å²) in [6.07, 6.45) is 0.318. The second kappa shape index (κ2) is 7.42. The monoisotopic (exact) mass is 380 g/mol. The normalized spacial score (nSPS) is 11.7. The average Bonchev–Trinajstić information content (AvgIpc) is 2.49. The highest BCUT2D eigenvalue weighted by atomic mass is 79.9. The van der Waals surface area contributed by atoms with E-state index in [4.69, 9.17) is 17.3 Å². The largest absolute Gasteiger partial charge is 0.368 e. The van der Waals surface area contributed by atoms with E-state index in [0.717, 1.165) is 10.0 Å². The van der Waals surface area contributed by atoms with Crippen LogP contribution in [0.4, 0.5) is 0 Å². The van der Waals surface area contributed by atoms with Gasteiger partial charge in [-0.1, -0.05) is 51.8 Å². The maximum Gasteiger partial charge on any atom is 0.253 e. The van der Waals surface area contributed by atoms with Gasteiger partial charge in [0, 0.05) is 10.9 Å². The van der Waals surface area contributed by atoms with Crippen LogP contribution in [0.2, 0.25) is 5.02 Å². The smallest absolute Gasteiger partial charge is 0.253 e. The Kier molecular flexibility index (Phi) is 5.57. The molecule has 0 unspecified atom stereocenters. The van der Waals surface area contributed by atoms with Gasteiger partial charge >= 0.3 is 0 Å². The molecule has 2 amide bonds. The number of amides is 2. The number of benzene rings is 2. The van der Waals surface area contributed by atoms with Crippen LogP contribution in [0.5, 0.6) is 0 Å². The maximum atomic E-state index is 12.2. The fraction of sp³-hybridized carbons (Fsp3) is 0.125. The molecule has 0 spiro atoms. The van der Waals surface area contributed by atoms with Crippen LogP contribution in [0.15, 0.2) is 53.0 Å². The Bertz CT molecular complexity index is 689. The van der Waals surface area contributed by atoms with Crippen molar-refractivity contribution in [3.8, 4) is 0 Å². The Morgan fingerprint density at radius 3 is 2.36 bits per heavy atom. The van der Waals surface area contributed by atoms with Crippen LogP contribution in [0, 0.1) is 0 Å². The second-order valence-corrected chi connectivity index (χ2v) is 6.06. The van der Waals surface area contributed by atoms with Crippen molar-refractivity contribution in [1.82, 2.24) is 5.32 Å². The van der Waals surface area contributed by atoms with E-state index in [2.05, 4.69) is 21.2 Å². The lowest BCUT2D eigenvalue weighted by Crippen LogP contribution is -2.45. The molecule has 0 radical (unpaired) electrons. The summed E-state index contributed by atoms with van der Waals surface area (Å²) in [4.78, 5) is 23.8. The van der Waals surface area contributed by atoms with Crippen LogP contribution in [-0.4, -0.2) is 17.9 Å². The molecule has 3 N–H and O–H groups in total. The standard InChI is InChI=1S/C16H14BrClN2O2/c17-11-7-5-10(6-8-11)9-14(15(19)21)20-16(22)12-3-1-2-4-13(12)18/h1-8,14H,9H2,(H2,19,21)(H,20,22)/t14-/m1/s1. The van der Waals surface area contributed by atoms with Gasteiger partial charge in [0.2, 0.25) is 5.91 Å². The van der Waals surface area contributed by atoms with Crippen LogP contribution in [0.3, 0.4) is 0 Å². The van der Waals surface area contributed by atoms with Gasteiger partial charge in [-0.15, -0.1) is 0 Å². The third-order valence-electron chi connectivity index (χ3n) is 3.12. The summed E-state index contributed by atoms with van der Waals surface area (Å²) in [7, 11) is 0. The minimum absolute atomic E-state index is 0.311. The van der Waals surface area contributed by atoms with Crippen LogP contribution >= 0.6 is 27.5 Å². The van der Waals surface area contributed by atoms with E-state index in [0.29, 0.717) is 17.0 Å². The molecule has 2 aromatic carbocycles. The van der Waals surface area contributed by atoms with Crippen molar-refractivity contribution in [2.45, 2.75) is 12.5 Å². The Balaban J connectivity index is 2.12. The molecule has 0 bridgehead atoms. The number of hydrogen-bond acceptors (Lipinski definition) is 2. The number of primary amides is 1. The lowest BCUT2D eigenvalue weighted by molar-refractivity contribution is -0.119. The zero-order chi connectivity index (χ0) is 16.1. The molecule has 0 aliphatic rings. The first kappa shape index (κ1) is 16.5. The topological polar surface area (TPSA) is 72.2 Å². The Labute approximate surface area is 141 Å². The number of nitrogens with one attached hydrogen (secondary N) is 1. The molecule has 2 rings (SSSR count). The molecule has 4 nitrogen and oxygen atoms in total. The third kappa shape index (κ3) is 4.32. The van der Waals surface area contributed by atoms with E-state index in [1.165, 1.54) is 0 Å². The summed E-state index contributed by atoms with van der Waals surface area (Å²) in [5.41, 5.74) is 6.59. The van der Waals surface area contributed by atoms with Crippen LogP contribution < -0.4 is 11.1 Å². The molecule has 1 atom stereocenters. The van der Waals surface area contributed by atoms with Crippen molar-refractivity contribution in [1.29, 1.82) is 0 Å². The first-order chi connectivity index (χ1) is 10.5. The number of hydrogen-bond donors (Lipinski definition) is 2. The molecule has 6 heteroatoms. The highest BCUT2D eigenvalue weighted by Crippen LogP contribution is 2.16. The predicted molar refractivity (Wildman–Crippen MR) is 89.7 cm³/mol. The molecule has 0 aliphatic heterocycles. The fourth-order valence-electron chi connectivity index (χ4n) is 1.96. The Morgan fingerprint density at radius 2 is 1.77 bits per heavy atom. The zero-order valence-corrected chi connectivity index (χ0v) is 13.9. The number of carbonyl (C=O) groups is 2. The summed E-state index contributed by atoms with van der Waals surface area (Å²) in [6.45, 7) is 0. The van der Waals surface area contributed by atoms with E-state index >= 15 is 0 Å². The van der Waals surface area contributed by atoms with Gasteiger partial charge in [-0.25, -0.2) is 0 Å². The summed E-state index contributed by atoms with van der Waals surface area (Å²) in [5, 5.41) is 2.95. The van der Waals surface area contributed by atoms with Gasteiger partial charge < -0.3 is 11.1 Å². The SMILES string of the molecule is NC(=O)[C@@H](Cc1ccc(Br)cc1)NC(=O)c1ccccc1Cl. The van der Waals surface area contributed by atoms with Gasteiger partial charge in [0.25, 0.3) is 5.91 Å². The lowest BCUT2D eigenvalue weighted by Gasteiger charge is -2.16. The van der Waals surface area contributed by atoms with E-state index in [9.17, 15) is 9.59 Å². The van der Waals surface area contributed by atoms with Gasteiger partial charge in [0.05, 0.1) is 10.6 Å². The van der Waals surface area contributed by atoms with Crippen LogP contribution in [0.1, 0.15) is 15.9 Å². The van der Waals surface area contributed by atoms with E-state index in [1.54, 1.807) is 24.3 Å². The lowest BCUT2D eigenvalue weighted by atomic mass is 10.0. The number of halogens is 2. The molecule has 2 aromatic rings. The quantitative estimate of drug-likeness (QED) is 0.836. The molecule has 0 saturated heterocycles. The minimum Gasteiger partial charge on any atom is -0.368 e. The number of rotatable bonds is 5. The van der Waals surface area contributed by atoms with E-state index in [-0.39, 0.29) is 0 Å². The van der Waals surface area contributed by atoms with Crippen molar-refractivity contribution in [3.63, 3.8) is 0 Å². The minimum atomic E-state index is -0.801. The summed E-state index contributed by atoms with van der Waals surface area (Å²) < 4.78 is 0.937. The van der Waals surface area contributed by atoms with Crippen molar-refractivity contribution < 1.29 is 9.59 Å². The maximum absolute atomic E-state index is 12.2. The summed E-state index contributed by atoms with van der Waals surface area (Å²) in [5.74, 6) is -1.02. The predicted octanol–water partition coefficient (Wildman–Crippen LogP) is 2.93. The molecule has 0 fully saturated rings. The molecular formula is C16H14BrClN2O2. The second-order valence-electron chi connectivity index (χ2n) is 4.74. The number of nitrogens with two attached hydrogens (primary N) is 1. The molecular weight excluding hydrogens is 368 g/mol.